The van der Waals surface area contributed by atoms with Gasteiger partial charge in [0.15, 0.2) is 5.96 Å². The van der Waals surface area contributed by atoms with Crippen LogP contribution in [0.5, 0.6) is 0 Å². The fourth-order valence-corrected chi connectivity index (χ4v) is 2.78. The molecular weight excluding hydrogens is 403 g/mol. The van der Waals surface area contributed by atoms with Gasteiger partial charge >= 0.3 is 0 Å². The predicted octanol–water partition coefficient (Wildman–Crippen LogP) is 2.41. The summed E-state index contributed by atoms with van der Waals surface area (Å²) in [5, 5.41) is 0. The average Bonchev–Trinajstić information content (AvgIpc) is 2.85. The van der Waals surface area contributed by atoms with Crippen LogP contribution in [-0.4, -0.2) is 61.3 Å². The van der Waals surface area contributed by atoms with Crippen LogP contribution in [0.25, 0.3) is 0 Å². The first-order valence-electron chi connectivity index (χ1n) is 7.72. The largest absolute Gasteiger partial charge is 0.349 e. The van der Waals surface area contributed by atoms with Crippen molar-refractivity contribution >= 4 is 35.8 Å². The van der Waals surface area contributed by atoms with Gasteiger partial charge in [0.2, 0.25) is 5.91 Å². The van der Waals surface area contributed by atoms with Crippen LogP contribution in [0.2, 0.25) is 0 Å². The quantitative estimate of drug-likeness (QED) is 0.419. The first-order chi connectivity index (χ1) is 10.5. The highest BCUT2D eigenvalue weighted by Gasteiger charge is 2.20. The number of guanidine groups is 1. The Labute approximate surface area is 156 Å². The molecule has 5 nitrogen and oxygen atoms in total. The molecule has 1 aromatic carbocycles. The van der Waals surface area contributed by atoms with Gasteiger partial charge in [0.05, 0.1) is 6.54 Å². The van der Waals surface area contributed by atoms with Crippen molar-refractivity contribution in [3.05, 3.63) is 35.4 Å². The van der Waals surface area contributed by atoms with Gasteiger partial charge in [-0.2, -0.15) is 0 Å². The molecule has 0 unspecified atom stereocenters. The number of carbonyl (C=O) groups excluding carboxylic acids is 1. The zero-order chi connectivity index (χ0) is 16.1. The maximum absolute atomic E-state index is 11.8. The minimum absolute atomic E-state index is 0. The predicted molar refractivity (Wildman–Crippen MR) is 105 cm³/mol. The van der Waals surface area contributed by atoms with Crippen LogP contribution in [0, 0.1) is 0 Å². The molecule has 0 radical (unpaired) electrons. The molecule has 0 saturated carbocycles. The van der Waals surface area contributed by atoms with Crippen LogP contribution in [-0.2, 0) is 17.9 Å². The van der Waals surface area contributed by atoms with E-state index >= 15 is 0 Å². The maximum atomic E-state index is 11.8. The Morgan fingerprint density at radius 2 is 1.74 bits per heavy atom. The lowest BCUT2D eigenvalue weighted by molar-refractivity contribution is -0.128. The lowest BCUT2D eigenvalue weighted by Crippen LogP contribution is -2.35. The van der Waals surface area contributed by atoms with Crippen molar-refractivity contribution in [1.29, 1.82) is 0 Å². The lowest BCUT2D eigenvalue weighted by atomic mass is 10.1. The van der Waals surface area contributed by atoms with E-state index in [1.807, 2.05) is 55.0 Å². The summed E-state index contributed by atoms with van der Waals surface area (Å²) in [6.07, 6.45) is 1.66. The normalized spacial score (nSPS) is 13.6. The second kappa shape index (κ2) is 9.10. The van der Waals surface area contributed by atoms with Crippen LogP contribution in [0.1, 0.15) is 24.0 Å². The highest BCUT2D eigenvalue weighted by molar-refractivity contribution is 14.0. The number of halogens is 1. The van der Waals surface area contributed by atoms with E-state index in [2.05, 4.69) is 12.1 Å². The van der Waals surface area contributed by atoms with Crippen LogP contribution in [0.3, 0.4) is 0 Å². The van der Waals surface area contributed by atoms with E-state index in [1.165, 1.54) is 11.1 Å². The SMILES string of the molecule is CN(C)C(=NCc1ccccc1CN1CCCC1=O)N(C)C.I. The standard InChI is InChI=1S/C17H26N4O.HI/c1-19(2)17(20(3)4)18-12-14-8-5-6-9-15(14)13-21-11-7-10-16(21)22;/h5-6,8-9H,7,10-13H2,1-4H3;1H. The maximum Gasteiger partial charge on any atom is 0.222 e. The summed E-state index contributed by atoms with van der Waals surface area (Å²) in [5.41, 5.74) is 2.38. The third kappa shape index (κ3) is 5.37. The second-order valence-electron chi connectivity index (χ2n) is 6.09. The molecule has 1 fully saturated rings. The molecule has 0 bridgehead atoms. The highest BCUT2D eigenvalue weighted by atomic mass is 127. The van der Waals surface area contributed by atoms with Gasteiger partial charge < -0.3 is 14.7 Å². The average molecular weight is 430 g/mol. The Hall–Kier alpha value is -1.31. The number of hydrogen-bond donors (Lipinski definition) is 0. The molecule has 2 rings (SSSR count). The van der Waals surface area contributed by atoms with Crippen molar-refractivity contribution < 1.29 is 4.79 Å². The van der Waals surface area contributed by atoms with Gasteiger partial charge in [-0.05, 0) is 17.5 Å². The summed E-state index contributed by atoms with van der Waals surface area (Å²) >= 11 is 0. The molecule has 128 valence electrons. The van der Waals surface area contributed by atoms with Crippen LogP contribution >= 0.6 is 24.0 Å². The Bertz CT molecular complexity index is 547. The van der Waals surface area contributed by atoms with Gasteiger partial charge in [-0.3, -0.25) is 4.79 Å². The summed E-state index contributed by atoms with van der Waals surface area (Å²) in [6.45, 7) is 2.20. The van der Waals surface area contributed by atoms with Crippen molar-refractivity contribution in [2.45, 2.75) is 25.9 Å². The monoisotopic (exact) mass is 430 g/mol. The summed E-state index contributed by atoms with van der Waals surface area (Å²) in [4.78, 5) is 22.5. The van der Waals surface area contributed by atoms with Crippen molar-refractivity contribution in [3.63, 3.8) is 0 Å². The lowest BCUT2D eigenvalue weighted by Gasteiger charge is -2.23. The molecule has 0 spiro atoms. The van der Waals surface area contributed by atoms with Crippen molar-refractivity contribution in [3.8, 4) is 0 Å². The van der Waals surface area contributed by atoms with Crippen LogP contribution in [0.15, 0.2) is 29.3 Å². The van der Waals surface area contributed by atoms with Gasteiger partial charge in [-0.1, -0.05) is 24.3 Å². The molecule has 1 heterocycles. The van der Waals surface area contributed by atoms with E-state index in [1.54, 1.807) is 0 Å². The Kier molecular flexibility index (Phi) is 7.81. The minimum atomic E-state index is 0. The Morgan fingerprint density at radius 1 is 1.13 bits per heavy atom. The Balaban J connectivity index is 0.00000264. The first kappa shape index (κ1) is 19.7. The van der Waals surface area contributed by atoms with E-state index in [9.17, 15) is 4.79 Å². The van der Waals surface area contributed by atoms with Gasteiger partial charge in [-0.15, -0.1) is 24.0 Å². The van der Waals surface area contributed by atoms with Gasteiger partial charge in [-0.25, -0.2) is 4.99 Å². The minimum Gasteiger partial charge on any atom is -0.349 e. The fraction of sp³-hybridized carbons (Fsp3) is 0.529. The number of nitrogens with zero attached hydrogens (tertiary/aromatic N) is 4. The molecule has 1 aliphatic heterocycles. The van der Waals surface area contributed by atoms with E-state index in [4.69, 9.17) is 4.99 Å². The number of likely N-dealkylation sites (tertiary alicyclic amines) is 1. The second-order valence-corrected chi connectivity index (χ2v) is 6.09. The van der Waals surface area contributed by atoms with Gasteiger partial charge in [0.25, 0.3) is 0 Å². The van der Waals surface area contributed by atoms with Gasteiger partial charge in [0.1, 0.15) is 0 Å². The zero-order valence-corrected chi connectivity index (χ0v) is 16.8. The molecular formula is C17H27IN4O. The van der Waals surface area contributed by atoms with Crippen molar-refractivity contribution in [2.24, 2.45) is 4.99 Å². The van der Waals surface area contributed by atoms with Crippen molar-refractivity contribution in [1.82, 2.24) is 14.7 Å². The van der Waals surface area contributed by atoms with Crippen LogP contribution < -0.4 is 0 Å². The van der Waals surface area contributed by atoms with E-state index in [0.717, 1.165) is 18.9 Å². The molecule has 0 aliphatic carbocycles. The molecule has 1 aromatic rings. The highest BCUT2D eigenvalue weighted by Crippen LogP contribution is 2.18. The number of benzene rings is 1. The number of carbonyl (C=O) groups is 1. The fourth-order valence-electron chi connectivity index (χ4n) is 2.78. The van der Waals surface area contributed by atoms with Crippen LogP contribution in [0.4, 0.5) is 0 Å². The zero-order valence-electron chi connectivity index (χ0n) is 14.5. The topological polar surface area (TPSA) is 39.1 Å². The third-order valence-electron chi connectivity index (χ3n) is 3.84. The smallest absolute Gasteiger partial charge is 0.222 e. The molecule has 1 aliphatic rings. The Morgan fingerprint density at radius 3 is 2.26 bits per heavy atom. The summed E-state index contributed by atoms with van der Waals surface area (Å²) in [5.74, 6) is 1.20. The number of amides is 1. The molecule has 0 atom stereocenters. The number of rotatable bonds is 4. The number of hydrogen-bond acceptors (Lipinski definition) is 2. The third-order valence-corrected chi connectivity index (χ3v) is 3.84. The molecule has 6 heteroatoms. The summed E-state index contributed by atoms with van der Waals surface area (Å²) in [7, 11) is 7.97. The van der Waals surface area contributed by atoms with E-state index in [0.29, 0.717) is 19.5 Å². The van der Waals surface area contributed by atoms with E-state index in [-0.39, 0.29) is 29.9 Å². The summed E-state index contributed by atoms with van der Waals surface area (Å²) < 4.78 is 0. The summed E-state index contributed by atoms with van der Waals surface area (Å²) in [6, 6.07) is 8.26. The van der Waals surface area contributed by atoms with Gasteiger partial charge in [0, 0.05) is 47.7 Å². The number of aliphatic imine (C=N–C) groups is 1. The molecule has 0 N–H and O–H groups in total. The van der Waals surface area contributed by atoms with E-state index < -0.39 is 0 Å². The first-order valence-corrected chi connectivity index (χ1v) is 7.72. The molecule has 0 aromatic heterocycles. The van der Waals surface area contributed by atoms with Crippen molar-refractivity contribution in [2.75, 3.05) is 34.7 Å². The molecule has 23 heavy (non-hydrogen) atoms. The molecule has 1 saturated heterocycles. The molecule has 1 amide bonds.